The van der Waals surface area contributed by atoms with Gasteiger partial charge < -0.3 is 14.5 Å². The highest BCUT2D eigenvalue weighted by Crippen LogP contribution is 2.37. The third-order valence-electron chi connectivity index (χ3n) is 5.02. The summed E-state index contributed by atoms with van der Waals surface area (Å²) in [6.07, 6.45) is 4.67. The molecule has 0 bridgehead atoms. The molecule has 1 aliphatic carbocycles. The maximum atomic E-state index is 14.4. The lowest BCUT2D eigenvalue weighted by Gasteiger charge is -2.30. The Balaban J connectivity index is 1.60. The number of anilines is 2. The number of nitrogens with zero attached hydrogens (tertiary/aromatic N) is 5. The van der Waals surface area contributed by atoms with Gasteiger partial charge in [0.1, 0.15) is 24.0 Å². The molecule has 0 spiro atoms. The Hall–Kier alpha value is -2.88. The monoisotopic (exact) mass is 353 g/mol. The van der Waals surface area contributed by atoms with E-state index in [0.717, 1.165) is 25.1 Å². The van der Waals surface area contributed by atoms with Crippen LogP contribution in [0, 0.1) is 17.1 Å². The minimum atomic E-state index is -0.341. The summed E-state index contributed by atoms with van der Waals surface area (Å²) in [6, 6.07) is 9.29. The van der Waals surface area contributed by atoms with Crippen molar-refractivity contribution >= 4 is 11.5 Å². The second-order valence-electron chi connectivity index (χ2n) is 6.69. The van der Waals surface area contributed by atoms with Gasteiger partial charge in [-0.3, -0.25) is 0 Å². The summed E-state index contributed by atoms with van der Waals surface area (Å²) in [5.74, 6) is 1.04. The van der Waals surface area contributed by atoms with Crippen molar-refractivity contribution in [2.75, 3.05) is 30.0 Å². The zero-order valence-corrected chi connectivity index (χ0v) is 14.6. The molecule has 1 saturated carbocycles. The number of aromatic nitrogens is 2. The third kappa shape index (κ3) is 3.03. The second kappa shape index (κ2) is 6.79. The molecule has 1 atom stereocenters. The van der Waals surface area contributed by atoms with Crippen LogP contribution in [0.4, 0.5) is 15.9 Å². The molecule has 2 heterocycles. The molecule has 0 N–H and O–H groups in total. The summed E-state index contributed by atoms with van der Waals surface area (Å²) in [5.41, 5.74) is 0.792. The second-order valence-corrected chi connectivity index (χ2v) is 6.69. The fraction of sp³-hybridized carbons (Fsp3) is 0.421. The highest BCUT2D eigenvalue weighted by Gasteiger charge is 2.39. The number of hydrogen-bond donors (Lipinski definition) is 0. The van der Waals surface area contributed by atoms with Gasteiger partial charge in [-0.05, 0) is 31.4 Å². The van der Waals surface area contributed by atoms with E-state index in [4.69, 9.17) is 4.74 Å². The lowest BCUT2D eigenvalue weighted by molar-refractivity contribution is 0.396. The van der Waals surface area contributed by atoms with Gasteiger partial charge in [0, 0.05) is 31.2 Å². The first-order valence-corrected chi connectivity index (χ1v) is 8.79. The summed E-state index contributed by atoms with van der Waals surface area (Å²) >= 11 is 0. The lowest BCUT2D eigenvalue weighted by Crippen LogP contribution is -2.40. The van der Waals surface area contributed by atoms with Gasteiger partial charge >= 0.3 is 0 Å². The van der Waals surface area contributed by atoms with Crippen LogP contribution in [0.5, 0.6) is 5.88 Å². The van der Waals surface area contributed by atoms with E-state index < -0.39 is 0 Å². The maximum Gasteiger partial charge on any atom is 0.218 e. The lowest BCUT2D eigenvalue weighted by atomic mass is 10.1. The summed E-state index contributed by atoms with van der Waals surface area (Å²) in [4.78, 5) is 12.8. The highest BCUT2D eigenvalue weighted by molar-refractivity contribution is 5.61. The number of nitriles is 1. The highest BCUT2D eigenvalue weighted by atomic mass is 19.1. The molecule has 2 aromatic rings. The van der Waals surface area contributed by atoms with Crippen molar-refractivity contribution in [2.24, 2.45) is 0 Å². The molecule has 1 saturated heterocycles. The molecule has 26 heavy (non-hydrogen) atoms. The molecule has 1 aliphatic heterocycles. The van der Waals surface area contributed by atoms with Gasteiger partial charge in [0.05, 0.1) is 18.4 Å². The Labute approximate surface area is 151 Å². The Morgan fingerprint density at radius 3 is 2.85 bits per heavy atom. The average molecular weight is 353 g/mol. The number of para-hydroxylation sites is 1. The van der Waals surface area contributed by atoms with E-state index >= 15 is 0 Å². The van der Waals surface area contributed by atoms with Crippen molar-refractivity contribution in [1.29, 1.82) is 5.26 Å². The topological polar surface area (TPSA) is 65.3 Å². The molecule has 7 heteroatoms. The van der Waals surface area contributed by atoms with Gasteiger partial charge in [-0.25, -0.2) is 14.4 Å². The van der Waals surface area contributed by atoms with Crippen LogP contribution in [-0.4, -0.2) is 42.3 Å². The molecule has 2 fully saturated rings. The zero-order chi connectivity index (χ0) is 18.1. The normalized spacial score (nSPS) is 19.3. The Bertz CT molecular complexity index is 848. The van der Waals surface area contributed by atoms with E-state index in [2.05, 4.69) is 20.9 Å². The average Bonchev–Trinajstić information content (AvgIpc) is 3.39. The van der Waals surface area contributed by atoms with Crippen LogP contribution in [0.25, 0.3) is 0 Å². The minimum absolute atomic E-state index is 0.216. The van der Waals surface area contributed by atoms with Crippen molar-refractivity contribution in [3.63, 3.8) is 0 Å². The summed E-state index contributed by atoms with van der Waals surface area (Å²) in [6.45, 7) is 1.38. The zero-order valence-electron chi connectivity index (χ0n) is 14.6. The molecule has 6 nitrogen and oxygen atoms in total. The quantitative estimate of drug-likeness (QED) is 0.823. The van der Waals surface area contributed by atoms with Gasteiger partial charge in [0.15, 0.2) is 0 Å². The number of methoxy groups -OCH3 is 1. The number of rotatable bonds is 5. The van der Waals surface area contributed by atoms with E-state index in [0.29, 0.717) is 36.3 Å². The van der Waals surface area contributed by atoms with Crippen molar-refractivity contribution in [2.45, 2.75) is 31.3 Å². The van der Waals surface area contributed by atoms with E-state index in [9.17, 15) is 9.65 Å². The Morgan fingerprint density at radius 2 is 2.12 bits per heavy atom. The first kappa shape index (κ1) is 16.6. The molecular formula is C19H20FN5O. The maximum absolute atomic E-state index is 14.4. The molecular weight excluding hydrogens is 333 g/mol. The van der Waals surface area contributed by atoms with Crippen molar-refractivity contribution in [3.05, 3.63) is 42.0 Å². The number of halogens is 1. The summed E-state index contributed by atoms with van der Waals surface area (Å²) in [5, 5.41) is 9.33. The van der Waals surface area contributed by atoms with E-state index in [1.54, 1.807) is 19.2 Å². The van der Waals surface area contributed by atoms with Gasteiger partial charge in [-0.2, -0.15) is 5.26 Å². The predicted molar refractivity (Wildman–Crippen MR) is 95.8 cm³/mol. The molecule has 0 amide bonds. The van der Waals surface area contributed by atoms with Crippen LogP contribution < -0.4 is 14.5 Å². The van der Waals surface area contributed by atoms with Gasteiger partial charge in [0.25, 0.3) is 0 Å². The van der Waals surface area contributed by atoms with E-state index in [-0.39, 0.29) is 11.9 Å². The number of hydrogen-bond acceptors (Lipinski definition) is 6. The predicted octanol–water partition coefficient (Wildman–Crippen LogP) is 2.74. The van der Waals surface area contributed by atoms with Crippen molar-refractivity contribution < 1.29 is 9.13 Å². The summed E-state index contributed by atoms with van der Waals surface area (Å²) in [7, 11) is 1.59. The molecule has 1 aromatic heterocycles. The summed E-state index contributed by atoms with van der Waals surface area (Å²) < 4.78 is 19.6. The number of benzene rings is 1. The van der Waals surface area contributed by atoms with Gasteiger partial charge in [-0.1, -0.05) is 6.07 Å². The largest absolute Gasteiger partial charge is 0.481 e. The van der Waals surface area contributed by atoms with E-state index in [1.807, 2.05) is 11.0 Å². The van der Waals surface area contributed by atoms with Crippen LogP contribution in [0.1, 0.15) is 24.8 Å². The van der Waals surface area contributed by atoms with Crippen LogP contribution in [0.2, 0.25) is 0 Å². The Kier molecular flexibility index (Phi) is 4.33. The van der Waals surface area contributed by atoms with E-state index in [1.165, 1.54) is 12.4 Å². The number of ether oxygens (including phenoxy) is 1. The first-order chi connectivity index (χ1) is 12.7. The van der Waals surface area contributed by atoms with Crippen LogP contribution >= 0.6 is 0 Å². The first-order valence-electron chi connectivity index (χ1n) is 8.79. The van der Waals surface area contributed by atoms with Crippen LogP contribution in [0.3, 0.4) is 0 Å². The molecule has 2 aliphatic rings. The molecule has 134 valence electrons. The molecule has 4 rings (SSSR count). The van der Waals surface area contributed by atoms with Crippen LogP contribution in [-0.2, 0) is 0 Å². The molecule has 1 unspecified atom stereocenters. The minimum Gasteiger partial charge on any atom is -0.481 e. The van der Waals surface area contributed by atoms with Gasteiger partial charge in [-0.15, -0.1) is 0 Å². The smallest absolute Gasteiger partial charge is 0.218 e. The van der Waals surface area contributed by atoms with Crippen molar-refractivity contribution in [1.82, 2.24) is 9.97 Å². The van der Waals surface area contributed by atoms with Crippen molar-refractivity contribution in [3.8, 4) is 11.9 Å². The molecule has 0 radical (unpaired) electrons. The standard InChI is InChI=1S/C19H20FN5O/c1-26-18-9-17(22-12-23-18)25(14-5-6-14)15-7-8-24(11-15)19-13(10-21)3-2-4-16(19)20/h2-4,9,12,14-15H,5-8,11H2,1H3. The van der Waals surface area contributed by atoms with Crippen LogP contribution in [0.15, 0.2) is 30.6 Å². The molecule has 1 aromatic carbocycles. The Morgan fingerprint density at radius 1 is 1.27 bits per heavy atom. The fourth-order valence-electron chi connectivity index (χ4n) is 3.71. The van der Waals surface area contributed by atoms with Gasteiger partial charge in [0.2, 0.25) is 5.88 Å². The SMILES string of the molecule is COc1cc(N(C2CC2)C2CCN(c3c(F)cccc3C#N)C2)ncn1. The fourth-order valence-corrected chi connectivity index (χ4v) is 3.71. The third-order valence-corrected chi connectivity index (χ3v) is 5.02.